The van der Waals surface area contributed by atoms with Crippen LogP contribution in [0.4, 0.5) is 13.2 Å². The monoisotopic (exact) mass is 296 g/mol. The first-order valence-corrected chi connectivity index (χ1v) is 6.65. The third-order valence-corrected chi connectivity index (χ3v) is 3.25. The summed E-state index contributed by atoms with van der Waals surface area (Å²) in [6.07, 6.45) is -2.93. The number of hydrogen-bond donors (Lipinski definition) is 0. The van der Waals surface area contributed by atoms with E-state index in [9.17, 15) is 18.0 Å². The van der Waals surface area contributed by atoms with Crippen LogP contribution in [0, 0.1) is 0 Å². The van der Waals surface area contributed by atoms with Gasteiger partial charge in [-0.1, -0.05) is 13.8 Å². The van der Waals surface area contributed by atoms with Crippen molar-refractivity contribution in [1.82, 2.24) is 9.78 Å². The minimum Gasteiger partial charge on any atom is -0.298 e. The second-order valence-corrected chi connectivity index (χ2v) is 4.64. The van der Waals surface area contributed by atoms with Crippen molar-refractivity contribution < 1.29 is 18.0 Å². The van der Waals surface area contributed by atoms with Gasteiger partial charge in [-0.25, -0.2) is 4.68 Å². The van der Waals surface area contributed by atoms with E-state index in [1.54, 1.807) is 6.07 Å². The Kier molecular flexibility index (Phi) is 4.16. The predicted molar refractivity (Wildman–Crippen MR) is 72.7 cm³/mol. The molecule has 0 aliphatic rings. The highest BCUT2D eigenvalue weighted by Gasteiger charge is 2.35. The van der Waals surface area contributed by atoms with E-state index in [1.165, 1.54) is 16.8 Å². The number of carbonyl (C=O) groups is 1. The number of benzene rings is 1. The molecule has 6 heteroatoms. The SMILES string of the molecule is CCc1cc(CC)n(-c2ccc(C=O)cc2C(F)(F)F)n1. The van der Waals surface area contributed by atoms with Crippen LogP contribution in [0.25, 0.3) is 5.69 Å². The summed E-state index contributed by atoms with van der Waals surface area (Å²) in [6, 6.07) is 5.31. The van der Waals surface area contributed by atoms with E-state index in [4.69, 9.17) is 0 Å². The number of hydrogen-bond acceptors (Lipinski definition) is 2. The van der Waals surface area contributed by atoms with Crippen molar-refractivity contribution in [3.63, 3.8) is 0 Å². The van der Waals surface area contributed by atoms with Gasteiger partial charge < -0.3 is 0 Å². The van der Waals surface area contributed by atoms with Gasteiger partial charge in [0.2, 0.25) is 0 Å². The van der Waals surface area contributed by atoms with Crippen LogP contribution in [-0.4, -0.2) is 16.1 Å². The molecule has 2 rings (SSSR count). The Morgan fingerprint density at radius 1 is 1.19 bits per heavy atom. The average molecular weight is 296 g/mol. The summed E-state index contributed by atoms with van der Waals surface area (Å²) in [7, 11) is 0. The van der Waals surface area contributed by atoms with E-state index >= 15 is 0 Å². The fourth-order valence-electron chi connectivity index (χ4n) is 2.15. The predicted octanol–water partition coefficient (Wildman–Crippen LogP) is 3.83. The molecule has 0 amide bonds. The Morgan fingerprint density at radius 3 is 2.43 bits per heavy atom. The Balaban J connectivity index is 2.68. The summed E-state index contributed by atoms with van der Waals surface area (Å²) in [6.45, 7) is 3.76. The fourth-order valence-corrected chi connectivity index (χ4v) is 2.15. The zero-order valence-electron chi connectivity index (χ0n) is 11.7. The van der Waals surface area contributed by atoms with Crippen LogP contribution < -0.4 is 0 Å². The van der Waals surface area contributed by atoms with E-state index in [0.29, 0.717) is 24.8 Å². The molecule has 0 bridgehead atoms. The molecule has 0 spiro atoms. The Morgan fingerprint density at radius 2 is 1.90 bits per heavy atom. The van der Waals surface area contributed by atoms with Crippen molar-refractivity contribution in [1.29, 1.82) is 0 Å². The number of rotatable bonds is 4. The topological polar surface area (TPSA) is 34.9 Å². The molecule has 21 heavy (non-hydrogen) atoms. The first kappa shape index (κ1) is 15.3. The number of halogens is 3. The number of aldehydes is 1. The second-order valence-electron chi connectivity index (χ2n) is 4.64. The van der Waals surface area contributed by atoms with Gasteiger partial charge in [-0.05, 0) is 37.1 Å². The largest absolute Gasteiger partial charge is 0.418 e. The van der Waals surface area contributed by atoms with Gasteiger partial charge in [0.15, 0.2) is 0 Å². The standard InChI is InChI=1S/C15H15F3N2O/c1-3-11-8-12(4-2)20(19-11)14-6-5-10(9-21)7-13(14)15(16,17)18/h5-9H,3-4H2,1-2H3. The van der Waals surface area contributed by atoms with Gasteiger partial charge in [0.1, 0.15) is 6.29 Å². The van der Waals surface area contributed by atoms with E-state index < -0.39 is 11.7 Å². The van der Waals surface area contributed by atoms with E-state index in [1.807, 2.05) is 13.8 Å². The van der Waals surface area contributed by atoms with Crippen LogP contribution in [-0.2, 0) is 19.0 Å². The Bertz CT molecular complexity index is 659. The molecule has 0 saturated heterocycles. The van der Waals surface area contributed by atoms with Gasteiger partial charge >= 0.3 is 6.18 Å². The lowest BCUT2D eigenvalue weighted by molar-refractivity contribution is -0.137. The molecule has 1 heterocycles. The van der Waals surface area contributed by atoms with Crippen LogP contribution >= 0.6 is 0 Å². The van der Waals surface area contributed by atoms with E-state index in [0.717, 1.165) is 11.8 Å². The summed E-state index contributed by atoms with van der Waals surface area (Å²) >= 11 is 0. The average Bonchev–Trinajstić information content (AvgIpc) is 2.89. The van der Waals surface area contributed by atoms with Crippen LogP contribution in [0.3, 0.4) is 0 Å². The van der Waals surface area contributed by atoms with Gasteiger partial charge in [0.25, 0.3) is 0 Å². The highest BCUT2D eigenvalue weighted by Crippen LogP contribution is 2.34. The molecule has 112 valence electrons. The molecule has 1 aromatic heterocycles. The third-order valence-electron chi connectivity index (χ3n) is 3.25. The van der Waals surface area contributed by atoms with Gasteiger partial charge in [0, 0.05) is 11.3 Å². The number of nitrogens with zero attached hydrogens (tertiary/aromatic N) is 2. The van der Waals surface area contributed by atoms with Crippen molar-refractivity contribution >= 4 is 6.29 Å². The molecule has 0 radical (unpaired) electrons. The van der Waals surface area contributed by atoms with Gasteiger partial charge in [-0.3, -0.25) is 4.79 Å². The lowest BCUT2D eigenvalue weighted by Crippen LogP contribution is -2.13. The highest BCUT2D eigenvalue weighted by molar-refractivity contribution is 5.76. The summed E-state index contributed by atoms with van der Waals surface area (Å²) in [5.41, 5.74) is 0.528. The minimum absolute atomic E-state index is 0.00741. The Labute approximate surface area is 120 Å². The molecule has 0 N–H and O–H groups in total. The van der Waals surface area contributed by atoms with Crippen LogP contribution in [0.15, 0.2) is 24.3 Å². The lowest BCUT2D eigenvalue weighted by atomic mass is 10.1. The van der Waals surface area contributed by atoms with Crippen molar-refractivity contribution in [2.75, 3.05) is 0 Å². The molecule has 0 fully saturated rings. The van der Waals surface area contributed by atoms with Crippen molar-refractivity contribution in [2.24, 2.45) is 0 Å². The number of aromatic nitrogens is 2. The maximum atomic E-state index is 13.2. The number of carbonyl (C=O) groups excluding carboxylic acids is 1. The second kappa shape index (κ2) is 5.71. The molecule has 1 aromatic carbocycles. The highest BCUT2D eigenvalue weighted by atomic mass is 19.4. The normalized spacial score (nSPS) is 11.7. The lowest BCUT2D eigenvalue weighted by Gasteiger charge is -2.15. The van der Waals surface area contributed by atoms with Crippen molar-refractivity contribution in [3.05, 3.63) is 46.8 Å². The summed E-state index contributed by atoms with van der Waals surface area (Å²) in [4.78, 5) is 10.7. The number of alkyl halides is 3. The Hall–Kier alpha value is -2.11. The van der Waals surface area contributed by atoms with Crippen LogP contribution in [0.2, 0.25) is 0 Å². The fraction of sp³-hybridized carbons (Fsp3) is 0.333. The molecule has 0 atom stereocenters. The summed E-state index contributed by atoms with van der Waals surface area (Å²) in [5, 5.41) is 4.23. The van der Waals surface area contributed by atoms with Gasteiger partial charge in [-0.2, -0.15) is 18.3 Å². The molecular weight excluding hydrogens is 281 g/mol. The van der Waals surface area contributed by atoms with E-state index in [2.05, 4.69) is 5.10 Å². The quantitative estimate of drug-likeness (QED) is 0.804. The maximum absolute atomic E-state index is 13.2. The summed E-state index contributed by atoms with van der Waals surface area (Å²) in [5.74, 6) is 0. The van der Waals surface area contributed by atoms with Crippen LogP contribution in [0.1, 0.15) is 41.2 Å². The zero-order valence-corrected chi connectivity index (χ0v) is 11.7. The molecular formula is C15H15F3N2O. The first-order chi connectivity index (χ1) is 9.90. The summed E-state index contributed by atoms with van der Waals surface area (Å²) < 4.78 is 41.0. The zero-order chi connectivity index (χ0) is 15.6. The molecule has 0 saturated carbocycles. The third kappa shape index (κ3) is 2.99. The van der Waals surface area contributed by atoms with Crippen molar-refractivity contribution in [3.8, 4) is 5.69 Å². The van der Waals surface area contributed by atoms with Crippen molar-refractivity contribution in [2.45, 2.75) is 32.9 Å². The molecule has 3 nitrogen and oxygen atoms in total. The van der Waals surface area contributed by atoms with Crippen LogP contribution in [0.5, 0.6) is 0 Å². The first-order valence-electron chi connectivity index (χ1n) is 6.65. The molecule has 0 unspecified atom stereocenters. The smallest absolute Gasteiger partial charge is 0.298 e. The number of aryl methyl sites for hydroxylation is 2. The molecule has 2 aromatic rings. The van der Waals surface area contributed by atoms with E-state index in [-0.39, 0.29) is 11.3 Å². The minimum atomic E-state index is -4.54. The molecule has 0 aliphatic heterocycles. The maximum Gasteiger partial charge on any atom is 0.418 e. The molecule has 0 aliphatic carbocycles. The van der Waals surface area contributed by atoms with Gasteiger partial charge in [0.05, 0.1) is 16.9 Å². The van der Waals surface area contributed by atoms with Gasteiger partial charge in [-0.15, -0.1) is 0 Å².